The summed E-state index contributed by atoms with van der Waals surface area (Å²) in [7, 11) is -2.58. The van der Waals surface area contributed by atoms with E-state index in [1.165, 1.54) is 24.1 Å². The van der Waals surface area contributed by atoms with E-state index in [-0.39, 0.29) is 17.3 Å². The molecule has 1 atom stereocenters. The molecule has 0 aliphatic carbocycles. The lowest BCUT2D eigenvalue weighted by Crippen LogP contribution is -2.50. The molecule has 3 rings (SSSR count). The van der Waals surface area contributed by atoms with Gasteiger partial charge in [-0.2, -0.15) is 0 Å². The molecule has 0 aliphatic rings. The first kappa shape index (κ1) is 25.3. The number of para-hydroxylation sites is 1. The fourth-order valence-electron chi connectivity index (χ4n) is 3.44. The first-order chi connectivity index (χ1) is 16.3. The van der Waals surface area contributed by atoms with Crippen molar-refractivity contribution in [3.63, 3.8) is 0 Å². The molecule has 0 unspecified atom stereocenters. The van der Waals surface area contributed by atoms with Gasteiger partial charge in [0.25, 0.3) is 10.0 Å². The minimum atomic E-state index is -4.06. The summed E-state index contributed by atoms with van der Waals surface area (Å²) in [4.78, 5) is 27.4. The van der Waals surface area contributed by atoms with E-state index in [2.05, 4.69) is 5.32 Å². The second-order valence-electron chi connectivity index (χ2n) is 7.56. The molecule has 0 heterocycles. The molecule has 1 N–H and O–H groups in total. The Morgan fingerprint density at radius 3 is 2.06 bits per heavy atom. The van der Waals surface area contributed by atoms with Gasteiger partial charge in [-0.3, -0.25) is 13.9 Å². The Hall–Kier alpha value is -3.36. The molecule has 0 saturated heterocycles. The van der Waals surface area contributed by atoms with Crippen molar-refractivity contribution in [1.29, 1.82) is 0 Å². The summed E-state index contributed by atoms with van der Waals surface area (Å²) in [6, 6.07) is 22.4. The largest absolute Gasteiger partial charge is 0.357 e. The van der Waals surface area contributed by atoms with Gasteiger partial charge in [-0.1, -0.05) is 66.2 Å². The molecule has 0 saturated carbocycles. The molecular weight excluding hydrogens is 474 g/mol. The summed E-state index contributed by atoms with van der Waals surface area (Å²) in [6.45, 7) is 1.14. The molecule has 0 aliphatic heterocycles. The third-order valence-electron chi connectivity index (χ3n) is 5.37. The summed E-state index contributed by atoms with van der Waals surface area (Å²) in [5.74, 6) is -0.919. The van der Waals surface area contributed by atoms with Gasteiger partial charge in [-0.25, -0.2) is 8.42 Å². The van der Waals surface area contributed by atoms with Crippen LogP contribution in [-0.4, -0.2) is 44.8 Å². The van der Waals surface area contributed by atoms with E-state index in [1.54, 1.807) is 79.7 Å². The number of amides is 2. The lowest BCUT2D eigenvalue weighted by molar-refractivity contribution is -0.139. The van der Waals surface area contributed by atoms with E-state index in [0.717, 1.165) is 4.31 Å². The SMILES string of the molecule is CNC(=O)[C@H](C)N(Cc1ccccc1Cl)C(=O)CN(c1ccccc1)S(=O)(=O)c1ccccc1. The smallest absolute Gasteiger partial charge is 0.264 e. The zero-order chi connectivity index (χ0) is 24.7. The Morgan fingerprint density at radius 1 is 0.912 bits per heavy atom. The summed E-state index contributed by atoms with van der Waals surface area (Å²) < 4.78 is 28.1. The molecule has 0 bridgehead atoms. The topological polar surface area (TPSA) is 86.8 Å². The van der Waals surface area contributed by atoms with Gasteiger partial charge in [0, 0.05) is 18.6 Å². The van der Waals surface area contributed by atoms with Crippen LogP contribution in [0.5, 0.6) is 0 Å². The molecule has 178 valence electrons. The van der Waals surface area contributed by atoms with Crippen LogP contribution >= 0.6 is 11.6 Å². The Labute approximate surface area is 205 Å². The van der Waals surface area contributed by atoms with Crippen molar-refractivity contribution in [3.8, 4) is 0 Å². The zero-order valence-corrected chi connectivity index (χ0v) is 20.5. The minimum absolute atomic E-state index is 0.0428. The molecule has 3 aromatic rings. The number of halogens is 1. The lowest BCUT2D eigenvalue weighted by atomic mass is 10.1. The molecule has 0 aromatic heterocycles. The Bertz CT molecular complexity index is 1240. The predicted molar refractivity (Wildman–Crippen MR) is 133 cm³/mol. The Balaban J connectivity index is 2.01. The number of carbonyl (C=O) groups excluding carboxylic acids is 2. The van der Waals surface area contributed by atoms with Gasteiger partial charge in [0.2, 0.25) is 11.8 Å². The molecule has 7 nitrogen and oxygen atoms in total. The number of hydrogen-bond donors (Lipinski definition) is 1. The first-order valence-corrected chi connectivity index (χ1v) is 12.4. The monoisotopic (exact) mass is 499 g/mol. The standard InChI is InChI=1S/C25H26ClN3O4S/c1-19(25(31)27-2)28(17-20-11-9-10-16-23(20)26)24(30)18-29(21-12-5-3-6-13-21)34(32,33)22-14-7-4-8-15-22/h3-16,19H,17-18H2,1-2H3,(H,27,31)/t19-/m0/s1. The van der Waals surface area contributed by atoms with Crippen molar-refractivity contribution in [2.24, 2.45) is 0 Å². The summed E-state index contributed by atoms with van der Waals surface area (Å²) in [5.41, 5.74) is 0.982. The van der Waals surface area contributed by atoms with Gasteiger partial charge >= 0.3 is 0 Å². The minimum Gasteiger partial charge on any atom is -0.357 e. The molecule has 9 heteroatoms. The third kappa shape index (κ3) is 5.76. The second-order valence-corrected chi connectivity index (χ2v) is 9.83. The third-order valence-corrected chi connectivity index (χ3v) is 7.52. The number of nitrogens with zero attached hydrogens (tertiary/aromatic N) is 2. The van der Waals surface area contributed by atoms with Crippen LogP contribution in [0.25, 0.3) is 0 Å². The zero-order valence-electron chi connectivity index (χ0n) is 18.9. The van der Waals surface area contributed by atoms with E-state index in [0.29, 0.717) is 16.3 Å². The van der Waals surface area contributed by atoms with Crippen LogP contribution in [0.3, 0.4) is 0 Å². The van der Waals surface area contributed by atoms with E-state index in [9.17, 15) is 18.0 Å². The normalized spacial score (nSPS) is 12.0. The average Bonchev–Trinajstić information content (AvgIpc) is 2.86. The molecule has 0 fully saturated rings. The fourth-order valence-corrected chi connectivity index (χ4v) is 5.08. The van der Waals surface area contributed by atoms with Crippen molar-refractivity contribution >= 4 is 39.1 Å². The highest BCUT2D eigenvalue weighted by Crippen LogP contribution is 2.25. The van der Waals surface area contributed by atoms with E-state index >= 15 is 0 Å². The maximum Gasteiger partial charge on any atom is 0.264 e. The molecule has 2 amide bonds. The number of anilines is 1. The molecule has 0 spiro atoms. The van der Waals surface area contributed by atoms with Gasteiger partial charge in [0.05, 0.1) is 10.6 Å². The van der Waals surface area contributed by atoms with E-state index in [1.807, 2.05) is 0 Å². The number of nitrogens with one attached hydrogen (secondary N) is 1. The maximum absolute atomic E-state index is 13.6. The lowest BCUT2D eigenvalue weighted by Gasteiger charge is -2.32. The summed E-state index contributed by atoms with van der Waals surface area (Å²) in [6.07, 6.45) is 0. The van der Waals surface area contributed by atoms with Crippen molar-refractivity contribution in [2.75, 3.05) is 17.9 Å². The van der Waals surface area contributed by atoms with Gasteiger partial charge < -0.3 is 10.2 Å². The van der Waals surface area contributed by atoms with Gasteiger partial charge in [-0.15, -0.1) is 0 Å². The van der Waals surface area contributed by atoms with Crippen LogP contribution < -0.4 is 9.62 Å². The van der Waals surface area contributed by atoms with Crippen LogP contribution in [0.15, 0.2) is 89.8 Å². The molecule has 0 radical (unpaired) electrons. The number of carbonyl (C=O) groups is 2. The molecule has 3 aromatic carbocycles. The number of likely N-dealkylation sites (N-methyl/N-ethyl adjacent to an activating group) is 1. The van der Waals surface area contributed by atoms with Crippen molar-refractivity contribution in [3.05, 3.63) is 95.5 Å². The van der Waals surface area contributed by atoms with E-state index in [4.69, 9.17) is 11.6 Å². The van der Waals surface area contributed by atoms with E-state index < -0.39 is 28.5 Å². The molecular formula is C25H26ClN3O4S. The fraction of sp³-hybridized carbons (Fsp3) is 0.200. The maximum atomic E-state index is 13.6. The number of benzene rings is 3. The highest BCUT2D eigenvalue weighted by Gasteiger charge is 2.32. The predicted octanol–water partition coefficient (Wildman–Crippen LogP) is 3.70. The number of sulfonamides is 1. The Kier molecular flexibility index (Phi) is 8.31. The van der Waals surface area contributed by atoms with Crippen molar-refractivity contribution in [2.45, 2.75) is 24.4 Å². The van der Waals surface area contributed by atoms with Crippen LogP contribution in [0, 0.1) is 0 Å². The highest BCUT2D eigenvalue weighted by molar-refractivity contribution is 7.92. The number of rotatable bonds is 9. The first-order valence-electron chi connectivity index (χ1n) is 10.6. The van der Waals surface area contributed by atoms with Crippen LogP contribution in [-0.2, 0) is 26.2 Å². The highest BCUT2D eigenvalue weighted by atomic mass is 35.5. The van der Waals surface area contributed by atoms with Gasteiger partial charge in [-0.05, 0) is 42.8 Å². The second kappa shape index (κ2) is 11.2. The van der Waals surface area contributed by atoms with Crippen LogP contribution in [0.1, 0.15) is 12.5 Å². The molecule has 34 heavy (non-hydrogen) atoms. The summed E-state index contributed by atoms with van der Waals surface area (Å²) in [5, 5.41) is 2.99. The van der Waals surface area contributed by atoms with Gasteiger partial charge in [0.1, 0.15) is 12.6 Å². The quantitative estimate of drug-likeness (QED) is 0.486. The summed E-state index contributed by atoms with van der Waals surface area (Å²) >= 11 is 6.30. The van der Waals surface area contributed by atoms with Crippen LogP contribution in [0.4, 0.5) is 5.69 Å². The Morgan fingerprint density at radius 2 is 1.47 bits per heavy atom. The van der Waals surface area contributed by atoms with Crippen molar-refractivity contribution in [1.82, 2.24) is 10.2 Å². The van der Waals surface area contributed by atoms with Gasteiger partial charge in [0.15, 0.2) is 0 Å². The number of hydrogen-bond acceptors (Lipinski definition) is 4. The van der Waals surface area contributed by atoms with Crippen LogP contribution in [0.2, 0.25) is 5.02 Å². The average molecular weight is 500 g/mol. The van der Waals surface area contributed by atoms with Crippen molar-refractivity contribution < 1.29 is 18.0 Å².